The minimum Gasteiger partial charge on any atom is -0.346 e. The highest BCUT2D eigenvalue weighted by Gasteiger charge is 2.28. The Labute approximate surface area is 158 Å². The zero-order valence-electron chi connectivity index (χ0n) is 15.2. The third kappa shape index (κ3) is 4.51. The molecule has 6 heteroatoms. The van der Waals surface area contributed by atoms with Crippen LogP contribution in [-0.4, -0.2) is 36.3 Å². The van der Waals surface area contributed by atoms with Crippen molar-refractivity contribution in [3.05, 3.63) is 51.7 Å². The third-order valence-electron chi connectivity index (χ3n) is 4.91. The number of amides is 2. The van der Waals surface area contributed by atoms with Gasteiger partial charge in [0.25, 0.3) is 0 Å². The number of carbonyl (C=O) groups excluding carboxylic acids is 2. The molecule has 3 rings (SSSR count). The van der Waals surface area contributed by atoms with Gasteiger partial charge >= 0.3 is 0 Å². The lowest BCUT2D eigenvalue weighted by Gasteiger charge is -2.22. The van der Waals surface area contributed by atoms with Gasteiger partial charge in [0.15, 0.2) is 0 Å². The Kier molecular flexibility index (Phi) is 6.06. The third-order valence-corrected chi connectivity index (χ3v) is 5.88. The lowest BCUT2D eigenvalue weighted by atomic mass is 10.1. The van der Waals surface area contributed by atoms with Gasteiger partial charge in [-0.05, 0) is 61.9 Å². The molecule has 1 aromatic carbocycles. The Morgan fingerprint density at radius 1 is 1.19 bits per heavy atom. The van der Waals surface area contributed by atoms with Gasteiger partial charge in [0.1, 0.15) is 0 Å². The van der Waals surface area contributed by atoms with Gasteiger partial charge < -0.3 is 10.6 Å². The Morgan fingerprint density at radius 2 is 2.04 bits per heavy atom. The maximum atomic E-state index is 12.3. The predicted octanol–water partition coefficient (Wildman–Crippen LogP) is 3.26. The monoisotopic (exact) mass is 371 g/mol. The maximum absolute atomic E-state index is 12.3. The SMILES string of the molecule is Cc1cccc(NC(=O)CNC(=O)CN2CCC[C@H]2c2cccs2)c1C. The normalized spacial score (nSPS) is 17.2. The molecule has 0 bridgehead atoms. The number of aryl methyl sites for hydroxylation is 1. The zero-order valence-corrected chi connectivity index (χ0v) is 16.1. The van der Waals surface area contributed by atoms with Gasteiger partial charge in [-0.15, -0.1) is 11.3 Å². The van der Waals surface area contributed by atoms with Gasteiger partial charge in [-0.1, -0.05) is 18.2 Å². The van der Waals surface area contributed by atoms with E-state index < -0.39 is 0 Å². The fraction of sp³-hybridized carbons (Fsp3) is 0.400. The Bertz CT molecular complexity index is 773. The first-order chi connectivity index (χ1) is 12.5. The molecule has 0 unspecified atom stereocenters. The molecule has 2 amide bonds. The van der Waals surface area contributed by atoms with E-state index in [-0.39, 0.29) is 18.4 Å². The van der Waals surface area contributed by atoms with Gasteiger partial charge in [-0.3, -0.25) is 14.5 Å². The highest BCUT2D eigenvalue weighted by molar-refractivity contribution is 7.10. The van der Waals surface area contributed by atoms with E-state index in [1.807, 2.05) is 38.1 Å². The maximum Gasteiger partial charge on any atom is 0.243 e. The van der Waals surface area contributed by atoms with E-state index in [1.165, 1.54) is 4.88 Å². The summed E-state index contributed by atoms with van der Waals surface area (Å²) in [5.74, 6) is -0.312. The van der Waals surface area contributed by atoms with Crippen molar-refractivity contribution in [2.45, 2.75) is 32.7 Å². The standard InChI is InChI=1S/C20H25N3O2S/c1-14-6-3-7-16(15(14)2)22-19(24)12-21-20(25)13-23-10-4-8-17(23)18-9-5-11-26-18/h3,5-7,9,11,17H,4,8,10,12-13H2,1-2H3,(H,21,25)(H,22,24)/t17-/m0/s1. The number of hydrogen-bond donors (Lipinski definition) is 2. The number of nitrogens with one attached hydrogen (secondary N) is 2. The number of benzene rings is 1. The number of anilines is 1. The van der Waals surface area contributed by atoms with E-state index in [9.17, 15) is 9.59 Å². The number of nitrogens with zero attached hydrogens (tertiary/aromatic N) is 1. The number of hydrogen-bond acceptors (Lipinski definition) is 4. The van der Waals surface area contributed by atoms with E-state index in [4.69, 9.17) is 0 Å². The molecule has 1 aliphatic rings. The molecule has 26 heavy (non-hydrogen) atoms. The summed E-state index contributed by atoms with van der Waals surface area (Å²) in [5, 5.41) is 7.68. The van der Waals surface area contributed by atoms with E-state index in [0.717, 1.165) is 36.2 Å². The van der Waals surface area contributed by atoms with Crippen LogP contribution < -0.4 is 10.6 Å². The van der Waals surface area contributed by atoms with Crippen LogP contribution in [0, 0.1) is 13.8 Å². The molecule has 1 saturated heterocycles. The fourth-order valence-electron chi connectivity index (χ4n) is 3.32. The van der Waals surface area contributed by atoms with Crippen LogP contribution in [0.2, 0.25) is 0 Å². The Morgan fingerprint density at radius 3 is 2.81 bits per heavy atom. The first kappa shape index (κ1) is 18.6. The predicted molar refractivity (Wildman–Crippen MR) is 105 cm³/mol. The molecular weight excluding hydrogens is 346 g/mol. The topological polar surface area (TPSA) is 61.4 Å². The van der Waals surface area contributed by atoms with E-state index in [0.29, 0.717) is 12.6 Å². The van der Waals surface area contributed by atoms with Crippen LogP contribution in [0.25, 0.3) is 0 Å². The zero-order chi connectivity index (χ0) is 18.5. The first-order valence-electron chi connectivity index (χ1n) is 8.95. The van der Waals surface area contributed by atoms with Crippen LogP contribution in [0.5, 0.6) is 0 Å². The van der Waals surface area contributed by atoms with Crippen molar-refractivity contribution >= 4 is 28.8 Å². The minimum absolute atomic E-state index is 0.0102. The summed E-state index contributed by atoms with van der Waals surface area (Å²) in [4.78, 5) is 27.9. The molecular formula is C20H25N3O2S. The average molecular weight is 372 g/mol. The van der Waals surface area contributed by atoms with Crippen molar-refractivity contribution in [1.29, 1.82) is 0 Å². The van der Waals surface area contributed by atoms with Crippen LogP contribution >= 0.6 is 11.3 Å². The lowest BCUT2D eigenvalue weighted by molar-refractivity contribution is -0.125. The largest absolute Gasteiger partial charge is 0.346 e. The fourth-order valence-corrected chi connectivity index (χ4v) is 4.21. The Hall–Kier alpha value is -2.18. The second kappa shape index (κ2) is 8.47. The van der Waals surface area contributed by atoms with Crippen LogP contribution in [-0.2, 0) is 9.59 Å². The second-order valence-electron chi connectivity index (χ2n) is 6.72. The van der Waals surface area contributed by atoms with Crippen molar-refractivity contribution in [1.82, 2.24) is 10.2 Å². The molecule has 2 heterocycles. The lowest BCUT2D eigenvalue weighted by Crippen LogP contribution is -2.40. The summed E-state index contributed by atoms with van der Waals surface area (Å²) in [5.41, 5.74) is 2.96. The molecule has 0 saturated carbocycles. The van der Waals surface area contributed by atoms with E-state index >= 15 is 0 Å². The molecule has 0 aliphatic carbocycles. The van der Waals surface area contributed by atoms with E-state index in [1.54, 1.807) is 11.3 Å². The summed E-state index contributed by atoms with van der Waals surface area (Å²) in [6.45, 7) is 5.22. The van der Waals surface area contributed by atoms with Crippen LogP contribution in [0.3, 0.4) is 0 Å². The average Bonchev–Trinajstić information content (AvgIpc) is 3.28. The van der Waals surface area contributed by atoms with Crippen molar-refractivity contribution in [2.75, 3.05) is 25.0 Å². The number of carbonyl (C=O) groups is 2. The molecule has 5 nitrogen and oxygen atoms in total. The van der Waals surface area contributed by atoms with Gasteiger partial charge in [0, 0.05) is 16.6 Å². The van der Waals surface area contributed by atoms with Gasteiger partial charge in [0.2, 0.25) is 11.8 Å². The van der Waals surface area contributed by atoms with E-state index in [2.05, 4.69) is 27.0 Å². The summed E-state index contributed by atoms with van der Waals surface area (Å²) >= 11 is 1.74. The molecule has 1 fully saturated rings. The van der Waals surface area contributed by atoms with Gasteiger partial charge in [0.05, 0.1) is 13.1 Å². The first-order valence-corrected chi connectivity index (χ1v) is 9.83. The molecule has 138 valence electrons. The second-order valence-corrected chi connectivity index (χ2v) is 7.70. The minimum atomic E-state index is -0.205. The Balaban J connectivity index is 1.48. The molecule has 1 aromatic heterocycles. The van der Waals surface area contributed by atoms with Crippen molar-refractivity contribution in [3.63, 3.8) is 0 Å². The van der Waals surface area contributed by atoms with Crippen molar-refractivity contribution in [2.24, 2.45) is 0 Å². The van der Waals surface area contributed by atoms with Gasteiger partial charge in [-0.2, -0.15) is 0 Å². The molecule has 1 atom stereocenters. The number of likely N-dealkylation sites (tertiary alicyclic amines) is 1. The highest BCUT2D eigenvalue weighted by Crippen LogP contribution is 2.33. The molecule has 0 spiro atoms. The van der Waals surface area contributed by atoms with Crippen molar-refractivity contribution < 1.29 is 9.59 Å². The molecule has 2 aromatic rings. The van der Waals surface area contributed by atoms with Crippen LogP contribution in [0.1, 0.15) is 34.9 Å². The van der Waals surface area contributed by atoms with Crippen LogP contribution in [0.15, 0.2) is 35.7 Å². The molecule has 2 N–H and O–H groups in total. The van der Waals surface area contributed by atoms with Crippen molar-refractivity contribution in [3.8, 4) is 0 Å². The van der Waals surface area contributed by atoms with Gasteiger partial charge in [-0.25, -0.2) is 0 Å². The quantitative estimate of drug-likeness (QED) is 0.819. The highest BCUT2D eigenvalue weighted by atomic mass is 32.1. The summed E-state index contributed by atoms with van der Waals surface area (Å²) in [6.07, 6.45) is 2.18. The van der Waals surface area contributed by atoms with Crippen LogP contribution in [0.4, 0.5) is 5.69 Å². The molecule has 0 radical (unpaired) electrons. The smallest absolute Gasteiger partial charge is 0.243 e. The number of thiophene rings is 1. The summed E-state index contributed by atoms with van der Waals surface area (Å²) in [6, 6.07) is 10.3. The molecule has 1 aliphatic heterocycles. The summed E-state index contributed by atoms with van der Waals surface area (Å²) in [7, 11) is 0. The number of rotatable bonds is 6. The summed E-state index contributed by atoms with van der Waals surface area (Å²) < 4.78 is 0.